The van der Waals surface area contributed by atoms with Crippen LogP contribution in [-0.4, -0.2) is 29.1 Å². The second-order valence-electron chi connectivity index (χ2n) is 18.4. The topological polar surface area (TPSA) is 92.4 Å². The molecule has 46 heavy (non-hydrogen) atoms. The van der Waals surface area contributed by atoms with Crippen LogP contribution in [0.5, 0.6) is 0 Å². The Hall–Kier alpha value is -2.40. The van der Waals surface area contributed by atoms with Gasteiger partial charge in [-0.25, -0.2) is 4.79 Å². The molecule has 0 saturated heterocycles. The fourth-order valence-corrected chi connectivity index (χ4v) is 12.9. The van der Waals surface area contributed by atoms with Crippen molar-refractivity contribution >= 4 is 17.4 Å². The van der Waals surface area contributed by atoms with E-state index in [2.05, 4.69) is 59.5 Å². The summed E-state index contributed by atoms with van der Waals surface area (Å²) in [6, 6.07) is 7.53. The Kier molecular flexibility index (Phi) is 7.87. The molecule has 0 radical (unpaired) electrons. The molecule has 0 spiro atoms. The molecule has 1 aromatic carbocycles. The number of carbonyl (C=O) groups is 2. The van der Waals surface area contributed by atoms with E-state index in [1.54, 1.807) is 12.1 Å². The first-order valence-corrected chi connectivity index (χ1v) is 18.1. The summed E-state index contributed by atoms with van der Waals surface area (Å²) in [5.74, 6) is 1.80. The first kappa shape index (κ1) is 33.5. The highest BCUT2D eigenvalue weighted by Crippen LogP contribution is 2.77. The Labute approximate surface area is 278 Å². The van der Waals surface area contributed by atoms with E-state index in [-0.39, 0.29) is 33.0 Å². The van der Waals surface area contributed by atoms with Crippen molar-refractivity contribution in [1.29, 1.82) is 0 Å². The van der Waals surface area contributed by atoms with E-state index < -0.39 is 11.5 Å². The highest BCUT2D eigenvalue weighted by atomic mass is 16.4. The summed E-state index contributed by atoms with van der Waals surface area (Å²) in [5, 5.41) is 12.8. The Balaban J connectivity index is 1.34. The lowest BCUT2D eigenvalue weighted by Gasteiger charge is -2.72. The Morgan fingerprint density at radius 3 is 2.22 bits per heavy atom. The molecule has 4 N–H and O–H groups in total. The fraction of sp³-hybridized carbons (Fsp3) is 0.707. The summed E-state index contributed by atoms with van der Waals surface area (Å²) in [7, 11) is 0. The van der Waals surface area contributed by atoms with Crippen LogP contribution in [0.4, 0.5) is 0 Å². The van der Waals surface area contributed by atoms with Gasteiger partial charge < -0.3 is 16.2 Å². The van der Waals surface area contributed by atoms with E-state index >= 15 is 0 Å². The molecule has 252 valence electrons. The van der Waals surface area contributed by atoms with Gasteiger partial charge in [0.1, 0.15) is 0 Å². The molecule has 4 fully saturated rings. The number of amides is 1. The monoisotopic (exact) mass is 628 g/mol. The van der Waals surface area contributed by atoms with E-state index in [1.165, 1.54) is 36.8 Å². The van der Waals surface area contributed by atoms with E-state index in [9.17, 15) is 14.7 Å². The number of nitrogens with two attached hydrogens (primary N) is 1. The molecule has 9 atom stereocenters. The van der Waals surface area contributed by atoms with Gasteiger partial charge in [-0.15, -0.1) is 0 Å². The zero-order chi connectivity index (χ0) is 33.7. The number of carboxylic acids is 1. The number of aromatic carboxylic acids is 1. The molecule has 5 aliphatic rings. The zero-order valence-corrected chi connectivity index (χ0v) is 29.9. The predicted molar refractivity (Wildman–Crippen MR) is 187 cm³/mol. The van der Waals surface area contributed by atoms with Gasteiger partial charge in [-0.2, -0.15) is 0 Å². The third-order valence-corrected chi connectivity index (χ3v) is 15.2. The fourth-order valence-electron chi connectivity index (χ4n) is 12.9. The molecule has 0 aliphatic heterocycles. The average Bonchev–Trinajstić information content (AvgIpc) is 3.37. The lowest BCUT2D eigenvalue weighted by molar-refractivity contribution is -0.225. The smallest absolute Gasteiger partial charge is 0.335 e. The highest BCUT2D eigenvalue weighted by Gasteiger charge is 2.71. The maximum Gasteiger partial charge on any atom is 0.335 e. The van der Waals surface area contributed by atoms with Crippen LogP contribution in [0.15, 0.2) is 42.5 Å². The number of rotatable bonds is 6. The van der Waals surface area contributed by atoms with Gasteiger partial charge in [-0.1, -0.05) is 65.0 Å². The summed E-state index contributed by atoms with van der Waals surface area (Å²) >= 11 is 0. The largest absolute Gasteiger partial charge is 0.478 e. The normalized spacial score (nSPS) is 41.2. The number of fused-ring (bicyclic) bond motifs is 7. The van der Waals surface area contributed by atoms with Gasteiger partial charge in [0.05, 0.1) is 11.0 Å². The van der Waals surface area contributed by atoms with Gasteiger partial charge in [0.2, 0.25) is 5.91 Å². The predicted octanol–water partition coefficient (Wildman–Crippen LogP) is 8.89. The molecule has 4 saturated carbocycles. The van der Waals surface area contributed by atoms with Crippen LogP contribution in [0.3, 0.4) is 0 Å². The molecule has 1 amide bonds. The number of carbonyl (C=O) groups excluding carboxylic acids is 1. The van der Waals surface area contributed by atoms with E-state index in [0.29, 0.717) is 41.7 Å². The maximum atomic E-state index is 14.2. The lowest BCUT2D eigenvalue weighted by atomic mass is 9.32. The molecule has 6 rings (SSSR count). The number of hydrogen-bond donors (Lipinski definition) is 3. The Morgan fingerprint density at radius 2 is 1.61 bits per heavy atom. The molecule has 5 nitrogen and oxygen atoms in total. The Bertz CT molecular complexity index is 1450. The zero-order valence-electron chi connectivity index (χ0n) is 29.9. The molecular weight excluding hydrogens is 568 g/mol. The second-order valence-corrected chi connectivity index (χ2v) is 18.4. The SMILES string of the molecule is C=C(C)[C@@H]1CC[C@]2(C(=O)NCC(C)(C)N)CC[C@]3(C)[C@H](CCC4[C@@]5(C)CC=C(c6ccc(C(=O)O)cc6)C(C)(C)C5CC[C@]43C)[C@@H]12. The van der Waals surface area contributed by atoms with Gasteiger partial charge >= 0.3 is 5.97 Å². The number of hydrogen-bond acceptors (Lipinski definition) is 3. The summed E-state index contributed by atoms with van der Waals surface area (Å²) in [4.78, 5) is 25.8. The van der Waals surface area contributed by atoms with Crippen LogP contribution in [0.2, 0.25) is 0 Å². The van der Waals surface area contributed by atoms with Crippen molar-refractivity contribution in [3.63, 3.8) is 0 Å². The van der Waals surface area contributed by atoms with Crippen LogP contribution < -0.4 is 11.1 Å². The third kappa shape index (κ3) is 4.71. The number of nitrogens with one attached hydrogen (secondary N) is 1. The average molecular weight is 629 g/mol. The summed E-state index contributed by atoms with van der Waals surface area (Å²) in [6.45, 7) is 24.0. The first-order valence-electron chi connectivity index (χ1n) is 18.1. The molecule has 2 unspecified atom stereocenters. The van der Waals surface area contributed by atoms with Crippen LogP contribution in [0.1, 0.15) is 129 Å². The van der Waals surface area contributed by atoms with Gasteiger partial charge in [-0.3, -0.25) is 4.79 Å². The molecule has 0 heterocycles. The van der Waals surface area contributed by atoms with Crippen LogP contribution in [0, 0.1) is 56.7 Å². The maximum absolute atomic E-state index is 14.2. The van der Waals surface area contributed by atoms with Crippen LogP contribution >= 0.6 is 0 Å². The van der Waals surface area contributed by atoms with Crippen molar-refractivity contribution in [2.24, 2.45) is 62.4 Å². The van der Waals surface area contributed by atoms with E-state index in [1.807, 2.05) is 26.0 Å². The minimum atomic E-state index is -0.876. The molecule has 5 aliphatic carbocycles. The lowest BCUT2D eigenvalue weighted by Crippen LogP contribution is -2.66. The number of carboxylic acid groups (broad SMARTS) is 1. The summed E-state index contributed by atoms with van der Waals surface area (Å²) < 4.78 is 0. The van der Waals surface area contributed by atoms with Crippen molar-refractivity contribution in [1.82, 2.24) is 5.32 Å². The van der Waals surface area contributed by atoms with Crippen molar-refractivity contribution < 1.29 is 14.7 Å². The molecule has 1 aromatic rings. The van der Waals surface area contributed by atoms with Gasteiger partial charge in [0.25, 0.3) is 0 Å². The first-order chi connectivity index (χ1) is 21.3. The summed E-state index contributed by atoms with van der Waals surface area (Å²) in [6.07, 6.45) is 12.5. The summed E-state index contributed by atoms with van der Waals surface area (Å²) in [5.41, 5.74) is 10.3. The Morgan fingerprint density at radius 1 is 0.935 bits per heavy atom. The minimum Gasteiger partial charge on any atom is -0.478 e. The third-order valence-electron chi connectivity index (χ3n) is 15.2. The molecule has 0 aromatic heterocycles. The van der Waals surface area contributed by atoms with Crippen LogP contribution in [0.25, 0.3) is 5.57 Å². The highest BCUT2D eigenvalue weighted by molar-refractivity contribution is 5.88. The number of allylic oxidation sites excluding steroid dienone is 3. The van der Waals surface area contributed by atoms with Crippen molar-refractivity contribution in [2.75, 3.05) is 6.54 Å². The molecule has 5 heteroatoms. The van der Waals surface area contributed by atoms with E-state index in [4.69, 9.17) is 5.73 Å². The van der Waals surface area contributed by atoms with Crippen molar-refractivity contribution in [3.05, 3.63) is 53.6 Å². The molecular formula is C41H60N2O3. The number of benzene rings is 1. The minimum absolute atomic E-state index is 0.0100. The van der Waals surface area contributed by atoms with Crippen molar-refractivity contribution in [2.45, 2.75) is 119 Å². The molecule has 0 bridgehead atoms. The van der Waals surface area contributed by atoms with E-state index in [0.717, 1.165) is 37.7 Å². The van der Waals surface area contributed by atoms with Crippen LogP contribution in [-0.2, 0) is 4.79 Å². The van der Waals surface area contributed by atoms with Crippen molar-refractivity contribution in [3.8, 4) is 0 Å². The standard InChI is InChI=1S/C41H60N2O3/c1-25(2)28-16-21-41(35(46)43-24-36(3,4)42)23-22-39(8)30(33(28)41)14-15-32-38(7)19-17-29(26-10-12-27(13-11-26)34(44)45)37(5,6)31(38)18-20-40(32,39)9/h10-13,17,28,30-33H,1,14-16,18-24,42H2,2-9H3,(H,43,46)(H,44,45)/t28-,30+,31?,32?,33+,38-,39+,40+,41-/m0/s1. The van der Waals surface area contributed by atoms with Gasteiger partial charge in [0, 0.05) is 12.1 Å². The van der Waals surface area contributed by atoms with Gasteiger partial charge in [0.15, 0.2) is 0 Å². The second kappa shape index (κ2) is 10.8. The quantitative estimate of drug-likeness (QED) is 0.274. The van der Waals surface area contributed by atoms with Gasteiger partial charge in [-0.05, 0) is 153 Å².